The molecule has 3 rings (SSSR count). The zero-order valence-corrected chi connectivity index (χ0v) is 10.3. The zero-order valence-electron chi connectivity index (χ0n) is 10.3. The van der Waals surface area contributed by atoms with Gasteiger partial charge in [-0.1, -0.05) is 12.1 Å². The van der Waals surface area contributed by atoms with Gasteiger partial charge < -0.3 is 10.5 Å². The van der Waals surface area contributed by atoms with Crippen LogP contribution in [0.3, 0.4) is 0 Å². The second kappa shape index (κ2) is 4.42. The van der Waals surface area contributed by atoms with Crippen molar-refractivity contribution in [3.05, 3.63) is 30.1 Å². The van der Waals surface area contributed by atoms with Crippen molar-refractivity contribution in [3.63, 3.8) is 0 Å². The van der Waals surface area contributed by atoms with Crippen LogP contribution in [-0.4, -0.2) is 27.9 Å². The molecule has 2 aromatic rings. The molecule has 5 heteroatoms. The summed E-state index contributed by atoms with van der Waals surface area (Å²) in [5.41, 5.74) is 6.87. The van der Waals surface area contributed by atoms with Gasteiger partial charge in [0.1, 0.15) is 11.6 Å². The van der Waals surface area contributed by atoms with E-state index in [4.69, 9.17) is 10.5 Å². The van der Waals surface area contributed by atoms with Crippen LogP contribution in [0.15, 0.2) is 24.3 Å². The highest BCUT2D eigenvalue weighted by Gasteiger charge is 2.20. The van der Waals surface area contributed by atoms with Crippen LogP contribution in [0.1, 0.15) is 12.2 Å². The summed E-state index contributed by atoms with van der Waals surface area (Å²) in [4.78, 5) is 4.57. The quantitative estimate of drug-likeness (QED) is 0.862. The fourth-order valence-electron chi connectivity index (χ4n) is 2.27. The summed E-state index contributed by atoms with van der Waals surface area (Å²) in [7, 11) is 1.66. The molecule has 0 aliphatic carbocycles. The molecule has 5 nitrogen and oxygen atoms in total. The molecule has 0 bridgehead atoms. The molecule has 1 aromatic carbocycles. The van der Waals surface area contributed by atoms with E-state index in [0.29, 0.717) is 0 Å². The monoisotopic (exact) mass is 244 g/mol. The second-order valence-electron chi connectivity index (χ2n) is 4.53. The molecule has 1 aliphatic rings. The first kappa shape index (κ1) is 11.2. The molecule has 1 aliphatic heterocycles. The lowest BCUT2D eigenvalue weighted by Gasteiger charge is -2.17. The Morgan fingerprint density at radius 2 is 2.22 bits per heavy atom. The first-order chi connectivity index (χ1) is 8.78. The summed E-state index contributed by atoms with van der Waals surface area (Å²) in [6.45, 7) is 0.846. The molecule has 0 saturated heterocycles. The summed E-state index contributed by atoms with van der Waals surface area (Å²) in [6.07, 6.45) is 1.75. The van der Waals surface area contributed by atoms with Gasteiger partial charge in [-0.05, 0) is 18.6 Å². The maximum atomic E-state index is 5.95. The van der Waals surface area contributed by atoms with Crippen molar-refractivity contribution in [1.82, 2.24) is 14.8 Å². The number of nitrogens with zero attached hydrogens (tertiary/aromatic N) is 3. The Labute approximate surface area is 106 Å². The van der Waals surface area contributed by atoms with E-state index in [1.165, 1.54) is 0 Å². The molecule has 2 heterocycles. The van der Waals surface area contributed by atoms with Gasteiger partial charge in [-0.2, -0.15) is 5.10 Å². The lowest BCUT2D eigenvalue weighted by atomic mass is 10.1. The third-order valence-electron chi connectivity index (χ3n) is 3.25. The highest BCUT2D eigenvalue weighted by atomic mass is 16.5. The van der Waals surface area contributed by atoms with Gasteiger partial charge in [-0.3, -0.25) is 0 Å². The molecule has 1 unspecified atom stereocenters. The topological polar surface area (TPSA) is 66.0 Å². The highest BCUT2D eigenvalue weighted by molar-refractivity contribution is 5.63. The van der Waals surface area contributed by atoms with E-state index < -0.39 is 0 Å². The number of aryl methyl sites for hydroxylation is 1. The Morgan fingerprint density at radius 1 is 1.39 bits per heavy atom. The van der Waals surface area contributed by atoms with E-state index in [-0.39, 0.29) is 6.04 Å². The molecule has 1 atom stereocenters. The number of hydrogen-bond acceptors (Lipinski definition) is 4. The predicted molar refractivity (Wildman–Crippen MR) is 68.3 cm³/mol. The van der Waals surface area contributed by atoms with Gasteiger partial charge in [-0.15, -0.1) is 0 Å². The van der Waals surface area contributed by atoms with Crippen molar-refractivity contribution in [2.75, 3.05) is 7.11 Å². The van der Waals surface area contributed by atoms with Crippen LogP contribution in [0.2, 0.25) is 0 Å². The van der Waals surface area contributed by atoms with E-state index in [1.807, 2.05) is 28.9 Å². The van der Waals surface area contributed by atoms with Crippen molar-refractivity contribution < 1.29 is 4.74 Å². The molecule has 0 amide bonds. The zero-order chi connectivity index (χ0) is 12.5. The van der Waals surface area contributed by atoms with Crippen LogP contribution in [0.5, 0.6) is 5.75 Å². The minimum absolute atomic E-state index is 0.201. The van der Waals surface area contributed by atoms with Gasteiger partial charge in [0.2, 0.25) is 0 Å². The Morgan fingerprint density at radius 3 is 3.06 bits per heavy atom. The number of benzene rings is 1. The Hall–Kier alpha value is -1.88. The van der Waals surface area contributed by atoms with E-state index in [1.54, 1.807) is 7.11 Å². The normalized spacial score (nSPS) is 18.4. The molecule has 2 N–H and O–H groups in total. The van der Waals surface area contributed by atoms with Crippen LogP contribution in [0.25, 0.3) is 11.4 Å². The van der Waals surface area contributed by atoms with E-state index >= 15 is 0 Å². The molecule has 0 saturated carbocycles. The number of rotatable bonds is 2. The van der Waals surface area contributed by atoms with Crippen molar-refractivity contribution >= 4 is 0 Å². The third-order valence-corrected chi connectivity index (χ3v) is 3.25. The summed E-state index contributed by atoms with van der Waals surface area (Å²) in [6, 6.07) is 7.99. The van der Waals surface area contributed by atoms with Gasteiger partial charge in [0.25, 0.3) is 0 Å². The summed E-state index contributed by atoms with van der Waals surface area (Å²) in [5.74, 6) is 2.48. The molecule has 94 valence electrons. The van der Waals surface area contributed by atoms with Crippen LogP contribution in [0, 0.1) is 0 Å². The SMILES string of the molecule is COc1ccccc1-c1nc2n(n1)CCC(N)C2. The first-order valence-electron chi connectivity index (χ1n) is 6.10. The first-order valence-corrected chi connectivity index (χ1v) is 6.10. The van der Waals surface area contributed by atoms with Gasteiger partial charge >= 0.3 is 0 Å². The number of para-hydroxylation sites is 1. The number of methoxy groups -OCH3 is 1. The van der Waals surface area contributed by atoms with Crippen LogP contribution < -0.4 is 10.5 Å². The second-order valence-corrected chi connectivity index (χ2v) is 4.53. The van der Waals surface area contributed by atoms with Gasteiger partial charge in [-0.25, -0.2) is 9.67 Å². The Kier molecular flexibility index (Phi) is 2.76. The Bertz CT molecular complexity index is 564. The Balaban J connectivity index is 2.02. The number of nitrogens with two attached hydrogens (primary N) is 1. The van der Waals surface area contributed by atoms with Crippen LogP contribution in [0.4, 0.5) is 0 Å². The number of ether oxygens (including phenoxy) is 1. The standard InChI is InChI=1S/C13H16N4O/c1-18-11-5-3-2-4-10(11)13-15-12-8-9(14)6-7-17(12)16-13/h2-5,9H,6-8,14H2,1H3. The van der Waals surface area contributed by atoms with Gasteiger partial charge in [0.05, 0.1) is 12.7 Å². The smallest absolute Gasteiger partial charge is 0.185 e. The lowest BCUT2D eigenvalue weighted by Crippen LogP contribution is -2.31. The summed E-state index contributed by atoms with van der Waals surface area (Å²) < 4.78 is 7.29. The number of fused-ring (bicyclic) bond motifs is 1. The average molecular weight is 244 g/mol. The largest absolute Gasteiger partial charge is 0.496 e. The maximum Gasteiger partial charge on any atom is 0.185 e. The fraction of sp³-hybridized carbons (Fsp3) is 0.385. The fourth-order valence-corrected chi connectivity index (χ4v) is 2.27. The minimum Gasteiger partial charge on any atom is -0.496 e. The molecule has 0 fully saturated rings. The molecule has 1 aromatic heterocycles. The highest BCUT2D eigenvalue weighted by Crippen LogP contribution is 2.27. The number of aromatic nitrogens is 3. The molecule has 0 spiro atoms. The lowest BCUT2D eigenvalue weighted by molar-refractivity contribution is 0.416. The third kappa shape index (κ3) is 1.86. The molecule has 0 radical (unpaired) electrons. The predicted octanol–water partition coefficient (Wildman–Crippen LogP) is 1.23. The molecule has 18 heavy (non-hydrogen) atoms. The number of hydrogen-bond donors (Lipinski definition) is 1. The van der Waals surface area contributed by atoms with Gasteiger partial charge in [0, 0.05) is 19.0 Å². The van der Waals surface area contributed by atoms with Crippen molar-refractivity contribution in [2.45, 2.75) is 25.4 Å². The summed E-state index contributed by atoms with van der Waals surface area (Å²) in [5, 5.41) is 4.53. The molecular formula is C13H16N4O. The average Bonchev–Trinajstić information content (AvgIpc) is 2.81. The van der Waals surface area contributed by atoms with E-state index in [0.717, 1.165) is 42.3 Å². The van der Waals surface area contributed by atoms with Crippen LogP contribution >= 0.6 is 0 Å². The van der Waals surface area contributed by atoms with Gasteiger partial charge in [0.15, 0.2) is 5.82 Å². The van der Waals surface area contributed by atoms with E-state index in [9.17, 15) is 0 Å². The minimum atomic E-state index is 0.201. The van der Waals surface area contributed by atoms with Crippen molar-refractivity contribution in [3.8, 4) is 17.1 Å². The van der Waals surface area contributed by atoms with E-state index in [2.05, 4.69) is 10.1 Å². The van der Waals surface area contributed by atoms with Crippen LogP contribution in [-0.2, 0) is 13.0 Å². The summed E-state index contributed by atoms with van der Waals surface area (Å²) >= 11 is 0. The molecular weight excluding hydrogens is 228 g/mol. The van der Waals surface area contributed by atoms with Crippen molar-refractivity contribution in [2.24, 2.45) is 5.73 Å². The van der Waals surface area contributed by atoms with Crippen molar-refractivity contribution in [1.29, 1.82) is 0 Å². The maximum absolute atomic E-state index is 5.95.